The molecule has 0 amide bonds. The molecule has 18 heavy (non-hydrogen) atoms. The fourth-order valence-corrected chi connectivity index (χ4v) is 2.02. The van der Waals surface area contributed by atoms with Crippen molar-refractivity contribution in [2.45, 2.75) is 6.92 Å². The van der Waals surface area contributed by atoms with E-state index in [0.29, 0.717) is 0 Å². The van der Waals surface area contributed by atoms with E-state index in [1.54, 1.807) is 18.1 Å². The van der Waals surface area contributed by atoms with Crippen molar-refractivity contribution in [3.63, 3.8) is 0 Å². The van der Waals surface area contributed by atoms with Gasteiger partial charge in [0.05, 0.1) is 12.8 Å². The molecule has 2 aromatic heterocycles. The maximum Gasteiger partial charge on any atom is 0.145 e. The second kappa shape index (κ2) is 4.10. The summed E-state index contributed by atoms with van der Waals surface area (Å²) < 4.78 is 7.08. The molecule has 3 aromatic rings. The maximum absolute atomic E-state index is 5.35. The molecule has 0 atom stereocenters. The first-order valence-corrected chi connectivity index (χ1v) is 5.59. The number of methoxy groups -OCH3 is 1. The van der Waals surface area contributed by atoms with Gasteiger partial charge < -0.3 is 4.74 Å². The third-order valence-electron chi connectivity index (χ3n) is 2.79. The zero-order valence-corrected chi connectivity index (χ0v) is 10.2. The third-order valence-corrected chi connectivity index (χ3v) is 2.79. The van der Waals surface area contributed by atoms with Crippen molar-refractivity contribution < 1.29 is 4.74 Å². The first kappa shape index (κ1) is 10.7. The minimum atomic E-state index is 0.762. The van der Waals surface area contributed by atoms with Gasteiger partial charge in [-0.2, -0.15) is 5.10 Å². The molecular formula is C13H12N4O. The first-order valence-electron chi connectivity index (χ1n) is 5.59. The van der Waals surface area contributed by atoms with Gasteiger partial charge in [-0.3, -0.25) is 0 Å². The van der Waals surface area contributed by atoms with E-state index >= 15 is 0 Å². The molecular weight excluding hydrogens is 228 g/mol. The second-order valence-corrected chi connectivity index (χ2v) is 3.98. The smallest absolute Gasteiger partial charge is 0.145 e. The average Bonchev–Trinajstić information content (AvgIpc) is 2.90. The Morgan fingerprint density at radius 2 is 2.17 bits per heavy atom. The molecule has 0 fully saturated rings. The molecule has 0 aliphatic carbocycles. The zero-order valence-electron chi connectivity index (χ0n) is 10.2. The summed E-state index contributed by atoms with van der Waals surface area (Å²) in [4.78, 5) is 8.51. The van der Waals surface area contributed by atoms with Crippen LogP contribution in [0.3, 0.4) is 0 Å². The van der Waals surface area contributed by atoms with Crippen LogP contribution in [0.2, 0.25) is 0 Å². The van der Waals surface area contributed by atoms with Crippen molar-refractivity contribution in [3.8, 4) is 11.4 Å². The van der Waals surface area contributed by atoms with E-state index in [-0.39, 0.29) is 0 Å². The molecule has 5 nitrogen and oxygen atoms in total. The minimum Gasteiger partial charge on any atom is -0.494 e. The SMILES string of the molecule is COc1cccc2c(-n3cncn3)cc(C)nc12. The highest BCUT2D eigenvalue weighted by Gasteiger charge is 2.10. The van der Waals surface area contributed by atoms with Crippen LogP contribution in [0.1, 0.15) is 5.69 Å². The quantitative estimate of drug-likeness (QED) is 0.688. The van der Waals surface area contributed by atoms with E-state index in [1.165, 1.54) is 6.33 Å². The molecule has 0 aliphatic heterocycles. The monoisotopic (exact) mass is 240 g/mol. The van der Waals surface area contributed by atoms with Crippen LogP contribution in [-0.4, -0.2) is 26.9 Å². The average molecular weight is 240 g/mol. The Morgan fingerprint density at radius 3 is 2.89 bits per heavy atom. The number of hydrogen-bond donors (Lipinski definition) is 0. The molecule has 1 aromatic carbocycles. The summed E-state index contributed by atoms with van der Waals surface area (Å²) in [6.45, 7) is 1.95. The number of pyridine rings is 1. The number of aryl methyl sites for hydroxylation is 1. The van der Waals surface area contributed by atoms with Gasteiger partial charge in [0.25, 0.3) is 0 Å². The van der Waals surface area contributed by atoms with Crippen molar-refractivity contribution in [2.24, 2.45) is 0 Å². The van der Waals surface area contributed by atoms with Crippen LogP contribution in [-0.2, 0) is 0 Å². The summed E-state index contributed by atoms with van der Waals surface area (Å²) in [5.41, 5.74) is 2.71. The molecule has 0 bridgehead atoms. The fraction of sp³-hybridized carbons (Fsp3) is 0.154. The molecule has 2 heterocycles. The highest BCUT2D eigenvalue weighted by atomic mass is 16.5. The number of ether oxygens (including phenoxy) is 1. The normalized spacial score (nSPS) is 10.8. The molecule has 3 rings (SSSR count). The van der Waals surface area contributed by atoms with Gasteiger partial charge in [-0.05, 0) is 19.1 Å². The standard InChI is InChI=1S/C13H12N4O/c1-9-6-11(17-8-14-7-15-17)10-4-3-5-12(18-2)13(10)16-9/h3-8H,1-2H3. The maximum atomic E-state index is 5.35. The van der Waals surface area contributed by atoms with Crippen LogP contribution in [0.5, 0.6) is 5.75 Å². The topological polar surface area (TPSA) is 52.8 Å². The van der Waals surface area contributed by atoms with Gasteiger partial charge in [0, 0.05) is 11.1 Å². The number of para-hydroxylation sites is 1. The Bertz CT molecular complexity index is 692. The van der Waals surface area contributed by atoms with Gasteiger partial charge in [-0.1, -0.05) is 12.1 Å². The summed E-state index contributed by atoms with van der Waals surface area (Å²) in [5.74, 6) is 0.762. The molecule has 0 N–H and O–H groups in total. The van der Waals surface area contributed by atoms with Crippen molar-refractivity contribution >= 4 is 10.9 Å². The van der Waals surface area contributed by atoms with E-state index in [1.807, 2.05) is 31.2 Å². The molecule has 0 spiro atoms. The molecule has 90 valence electrons. The number of rotatable bonds is 2. The fourth-order valence-electron chi connectivity index (χ4n) is 2.02. The van der Waals surface area contributed by atoms with Gasteiger partial charge in [-0.15, -0.1) is 0 Å². The number of nitrogens with zero attached hydrogens (tertiary/aromatic N) is 4. The number of fused-ring (bicyclic) bond motifs is 1. The highest BCUT2D eigenvalue weighted by molar-refractivity contribution is 5.91. The number of aromatic nitrogens is 4. The third kappa shape index (κ3) is 1.60. The lowest BCUT2D eigenvalue weighted by Crippen LogP contribution is -1.99. The lowest BCUT2D eigenvalue weighted by Gasteiger charge is -2.10. The molecule has 0 saturated heterocycles. The highest BCUT2D eigenvalue weighted by Crippen LogP contribution is 2.28. The van der Waals surface area contributed by atoms with Crippen LogP contribution in [0.15, 0.2) is 36.9 Å². The number of benzene rings is 1. The van der Waals surface area contributed by atoms with Gasteiger partial charge in [-0.25, -0.2) is 14.6 Å². The van der Waals surface area contributed by atoms with Crippen LogP contribution in [0.25, 0.3) is 16.6 Å². The van der Waals surface area contributed by atoms with Gasteiger partial charge in [0.15, 0.2) is 0 Å². The van der Waals surface area contributed by atoms with Crippen molar-refractivity contribution in [1.29, 1.82) is 0 Å². The lowest BCUT2D eigenvalue weighted by molar-refractivity contribution is 0.419. The summed E-state index contributed by atoms with van der Waals surface area (Å²) in [7, 11) is 1.65. The van der Waals surface area contributed by atoms with Gasteiger partial charge in [0.1, 0.15) is 23.9 Å². The summed E-state index contributed by atoms with van der Waals surface area (Å²) in [6.07, 6.45) is 3.19. The Balaban J connectivity index is 2.39. The van der Waals surface area contributed by atoms with Crippen molar-refractivity contribution in [1.82, 2.24) is 19.7 Å². The van der Waals surface area contributed by atoms with E-state index < -0.39 is 0 Å². The predicted molar refractivity (Wildman–Crippen MR) is 67.9 cm³/mol. The van der Waals surface area contributed by atoms with E-state index in [4.69, 9.17) is 4.74 Å². The first-order chi connectivity index (χ1) is 8.79. The second-order valence-electron chi connectivity index (χ2n) is 3.98. The zero-order chi connectivity index (χ0) is 12.5. The van der Waals surface area contributed by atoms with Crippen LogP contribution < -0.4 is 4.74 Å². The van der Waals surface area contributed by atoms with Crippen molar-refractivity contribution in [2.75, 3.05) is 7.11 Å². The van der Waals surface area contributed by atoms with E-state index in [0.717, 1.165) is 28.0 Å². The van der Waals surface area contributed by atoms with Crippen LogP contribution in [0.4, 0.5) is 0 Å². The van der Waals surface area contributed by atoms with Gasteiger partial charge in [0.2, 0.25) is 0 Å². The Labute approximate surface area is 104 Å². The predicted octanol–water partition coefficient (Wildman–Crippen LogP) is 2.13. The van der Waals surface area contributed by atoms with E-state index in [9.17, 15) is 0 Å². The Kier molecular flexibility index (Phi) is 2.44. The van der Waals surface area contributed by atoms with Crippen LogP contribution >= 0.6 is 0 Å². The summed E-state index contributed by atoms with van der Waals surface area (Å²) in [5, 5.41) is 5.16. The molecule has 0 unspecified atom stereocenters. The number of hydrogen-bond acceptors (Lipinski definition) is 4. The minimum absolute atomic E-state index is 0.762. The Hall–Kier alpha value is -2.43. The van der Waals surface area contributed by atoms with Crippen molar-refractivity contribution in [3.05, 3.63) is 42.6 Å². The Morgan fingerprint density at radius 1 is 1.28 bits per heavy atom. The largest absolute Gasteiger partial charge is 0.494 e. The van der Waals surface area contributed by atoms with Crippen LogP contribution in [0, 0.1) is 6.92 Å². The molecule has 0 radical (unpaired) electrons. The lowest BCUT2D eigenvalue weighted by atomic mass is 10.1. The molecule has 0 saturated carbocycles. The molecule has 5 heteroatoms. The molecule has 0 aliphatic rings. The van der Waals surface area contributed by atoms with E-state index in [2.05, 4.69) is 15.1 Å². The summed E-state index contributed by atoms with van der Waals surface area (Å²) in [6, 6.07) is 7.83. The summed E-state index contributed by atoms with van der Waals surface area (Å²) >= 11 is 0. The van der Waals surface area contributed by atoms with Gasteiger partial charge >= 0.3 is 0 Å².